The van der Waals surface area contributed by atoms with Crippen LogP contribution in [-0.4, -0.2) is 27.9 Å². The molecule has 22 heavy (non-hydrogen) atoms. The molecule has 0 heterocycles. The highest BCUT2D eigenvalue weighted by atomic mass is 16.5. The molecule has 0 saturated heterocycles. The van der Waals surface area contributed by atoms with Crippen molar-refractivity contribution in [3.05, 3.63) is 53.6 Å². The van der Waals surface area contributed by atoms with Crippen LogP contribution in [0.15, 0.2) is 42.5 Å². The SMILES string of the molecule is COc1cc(CNCCc2ccccc2OC)cc(OC)c1. The summed E-state index contributed by atoms with van der Waals surface area (Å²) < 4.78 is 15.9. The maximum absolute atomic E-state index is 5.36. The molecule has 2 aromatic rings. The first-order chi connectivity index (χ1) is 10.8. The molecule has 0 unspecified atom stereocenters. The Morgan fingerprint density at radius 3 is 2.18 bits per heavy atom. The van der Waals surface area contributed by atoms with E-state index in [4.69, 9.17) is 14.2 Å². The van der Waals surface area contributed by atoms with Crippen molar-refractivity contribution in [2.45, 2.75) is 13.0 Å². The van der Waals surface area contributed by atoms with Gasteiger partial charge >= 0.3 is 0 Å². The van der Waals surface area contributed by atoms with Gasteiger partial charge < -0.3 is 19.5 Å². The first-order valence-corrected chi connectivity index (χ1v) is 7.31. The van der Waals surface area contributed by atoms with Crippen LogP contribution >= 0.6 is 0 Å². The fourth-order valence-corrected chi connectivity index (χ4v) is 2.33. The molecule has 2 rings (SSSR count). The van der Waals surface area contributed by atoms with Crippen molar-refractivity contribution in [1.29, 1.82) is 0 Å². The molecule has 4 nitrogen and oxygen atoms in total. The molecule has 0 aliphatic rings. The van der Waals surface area contributed by atoms with E-state index in [1.54, 1.807) is 21.3 Å². The number of nitrogens with one attached hydrogen (secondary N) is 1. The molecule has 0 bridgehead atoms. The van der Waals surface area contributed by atoms with Crippen LogP contribution in [0.5, 0.6) is 17.2 Å². The van der Waals surface area contributed by atoms with Crippen LogP contribution in [0.1, 0.15) is 11.1 Å². The Labute approximate surface area is 132 Å². The van der Waals surface area contributed by atoms with E-state index in [9.17, 15) is 0 Å². The summed E-state index contributed by atoms with van der Waals surface area (Å²) in [6.45, 7) is 1.64. The van der Waals surface area contributed by atoms with E-state index in [0.717, 1.165) is 42.3 Å². The first kappa shape index (κ1) is 16.2. The topological polar surface area (TPSA) is 39.7 Å². The van der Waals surface area contributed by atoms with Crippen molar-refractivity contribution >= 4 is 0 Å². The minimum atomic E-state index is 0.767. The van der Waals surface area contributed by atoms with Gasteiger partial charge in [0.05, 0.1) is 21.3 Å². The van der Waals surface area contributed by atoms with Crippen molar-refractivity contribution in [2.24, 2.45) is 0 Å². The molecule has 1 N–H and O–H groups in total. The van der Waals surface area contributed by atoms with E-state index in [1.165, 1.54) is 5.56 Å². The van der Waals surface area contributed by atoms with E-state index >= 15 is 0 Å². The molecule has 0 spiro atoms. The summed E-state index contributed by atoms with van der Waals surface area (Å²) in [5.41, 5.74) is 2.34. The second kappa shape index (κ2) is 8.29. The zero-order chi connectivity index (χ0) is 15.8. The number of ether oxygens (including phenoxy) is 3. The van der Waals surface area contributed by atoms with E-state index in [0.29, 0.717) is 0 Å². The third kappa shape index (κ3) is 4.40. The number of hydrogen-bond donors (Lipinski definition) is 1. The van der Waals surface area contributed by atoms with Gasteiger partial charge in [0.1, 0.15) is 17.2 Å². The summed E-state index contributed by atoms with van der Waals surface area (Å²) in [6, 6.07) is 14.0. The molecule has 0 saturated carbocycles. The molecular formula is C18H23NO3. The highest BCUT2D eigenvalue weighted by Crippen LogP contribution is 2.22. The number of benzene rings is 2. The normalized spacial score (nSPS) is 10.3. The van der Waals surface area contributed by atoms with Gasteiger partial charge in [-0.25, -0.2) is 0 Å². The Morgan fingerprint density at radius 2 is 1.55 bits per heavy atom. The molecule has 0 radical (unpaired) electrons. The Hall–Kier alpha value is -2.20. The van der Waals surface area contributed by atoms with Gasteiger partial charge in [-0.2, -0.15) is 0 Å². The number of methoxy groups -OCH3 is 3. The van der Waals surface area contributed by atoms with Gasteiger partial charge in [-0.3, -0.25) is 0 Å². The highest BCUT2D eigenvalue weighted by Gasteiger charge is 2.03. The minimum absolute atomic E-state index is 0.767. The minimum Gasteiger partial charge on any atom is -0.497 e. The Morgan fingerprint density at radius 1 is 0.864 bits per heavy atom. The zero-order valence-electron chi connectivity index (χ0n) is 13.4. The number of rotatable bonds is 8. The highest BCUT2D eigenvalue weighted by molar-refractivity contribution is 5.38. The van der Waals surface area contributed by atoms with Gasteiger partial charge in [-0.05, 0) is 42.3 Å². The van der Waals surface area contributed by atoms with Gasteiger partial charge in [0.15, 0.2) is 0 Å². The molecule has 118 valence electrons. The summed E-state index contributed by atoms with van der Waals surface area (Å²) in [5.74, 6) is 2.55. The lowest BCUT2D eigenvalue weighted by molar-refractivity contribution is 0.393. The molecule has 2 aromatic carbocycles. The maximum atomic E-state index is 5.36. The van der Waals surface area contributed by atoms with Crippen LogP contribution in [0.25, 0.3) is 0 Å². The quantitative estimate of drug-likeness (QED) is 0.761. The standard InChI is InChI=1S/C18H23NO3/c1-20-16-10-14(11-17(12-16)21-2)13-19-9-8-15-6-4-5-7-18(15)22-3/h4-7,10-12,19H,8-9,13H2,1-3H3. The second-order valence-corrected chi connectivity index (χ2v) is 4.96. The van der Waals surface area contributed by atoms with Crippen LogP contribution in [0.4, 0.5) is 0 Å². The Balaban J connectivity index is 1.88. The van der Waals surface area contributed by atoms with Crippen molar-refractivity contribution in [1.82, 2.24) is 5.32 Å². The summed E-state index contributed by atoms with van der Waals surface area (Å²) in [6.07, 6.45) is 0.922. The second-order valence-electron chi connectivity index (χ2n) is 4.96. The van der Waals surface area contributed by atoms with Crippen LogP contribution < -0.4 is 19.5 Å². The van der Waals surface area contributed by atoms with E-state index in [-0.39, 0.29) is 0 Å². The van der Waals surface area contributed by atoms with E-state index in [1.807, 2.05) is 36.4 Å². The van der Waals surface area contributed by atoms with Crippen LogP contribution in [-0.2, 0) is 13.0 Å². The van der Waals surface area contributed by atoms with Crippen molar-refractivity contribution in [2.75, 3.05) is 27.9 Å². The monoisotopic (exact) mass is 301 g/mol. The molecule has 0 aliphatic heterocycles. The third-order valence-corrected chi connectivity index (χ3v) is 3.50. The van der Waals surface area contributed by atoms with Crippen LogP contribution in [0.3, 0.4) is 0 Å². The average molecular weight is 301 g/mol. The molecule has 0 fully saturated rings. The molecule has 4 heteroatoms. The van der Waals surface area contributed by atoms with E-state index < -0.39 is 0 Å². The molecular weight excluding hydrogens is 278 g/mol. The maximum Gasteiger partial charge on any atom is 0.122 e. The van der Waals surface area contributed by atoms with Crippen molar-refractivity contribution in [3.63, 3.8) is 0 Å². The van der Waals surface area contributed by atoms with Gasteiger partial charge in [-0.1, -0.05) is 18.2 Å². The average Bonchev–Trinajstić information content (AvgIpc) is 2.58. The summed E-state index contributed by atoms with van der Waals surface area (Å²) in [4.78, 5) is 0. The number of para-hydroxylation sites is 1. The predicted octanol–water partition coefficient (Wildman–Crippen LogP) is 3.04. The first-order valence-electron chi connectivity index (χ1n) is 7.31. The molecule has 0 amide bonds. The lowest BCUT2D eigenvalue weighted by Gasteiger charge is -2.11. The van der Waals surface area contributed by atoms with Crippen LogP contribution in [0.2, 0.25) is 0 Å². The van der Waals surface area contributed by atoms with Gasteiger partial charge in [0, 0.05) is 12.6 Å². The Kier molecular flexibility index (Phi) is 6.10. The molecule has 0 atom stereocenters. The predicted molar refractivity (Wildman–Crippen MR) is 88.0 cm³/mol. The fraction of sp³-hybridized carbons (Fsp3) is 0.333. The lowest BCUT2D eigenvalue weighted by atomic mass is 10.1. The fourth-order valence-electron chi connectivity index (χ4n) is 2.33. The Bertz CT molecular complexity index is 576. The number of hydrogen-bond acceptors (Lipinski definition) is 4. The van der Waals surface area contributed by atoms with Crippen molar-refractivity contribution in [3.8, 4) is 17.2 Å². The summed E-state index contributed by atoms with van der Waals surface area (Å²) >= 11 is 0. The molecule has 0 aliphatic carbocycles. The van der Waals surface area contributed by atoms with Crippen molar-refractivity contribution < 1.29 is 14.2 Å². The summed E-state index contributed by atoms with van der Waals surface area (Å²) in [5, 5.41) is 3.44. The summed E-state index contributed by atoms with van der Waals surface area (Å²) in [7, 11) is 5.02. The lowest BCUT2D eigenvalue weighted by Crippen LogP contribution is -2.17. The third-order valence-electron chi connectivity index (χ3n) is 3.50. The smallest absolute Gasteiger partial charge is 0.122 e. The van der Waals surface area contributed by atoms with E-state index in [2.05, 4.69) is 11.4 Å². The molecule has 0 aromatic heterocycles. The zero-order valence-corrected chi connectivity index (χ0v) is 13.4. The van der Waals surface area contributed by atoms with Gasteiger partial charge in [-0.15, -0.1) is 0 Å². The van der Waals surface area contributed by atoms with Gasteiger partial charge in [0.2, 0.25) is 0 Å². The largest absolute Gasteiger partial charge is 0.497 e. The van der Waals surface area contributed by atoms with Crippen LogP contribution in [0, 0.1) is 0 Å². The van der Waals surface area contributed by atoms with Gasteiger partial charge in [0.25, 0.3) is 0 Å².